The number of aliphatic imine (C=N–C) groups is 1. The van der Waals surface area contributed by atoms with E-state index in [1.54, 1.807) is 14.0 Å². The maximum Gasteiger partial charge on any atom is 0.334 e. The molecule has 0 aromatic heterocycles. The Bertz CT molecular complexity index is 507. The number of hydrogen-bond acceptors (Lipinski definition) is 5. The highest BCUT2D eigenvalue weighted by molar-refractivity contribution is 5.94. The van der Waals surface area contributed by atoms with E-state index in [0.29, 0.717) is 18.2 Å². The van der Waals surface area contributed by atoms with Crippen molar-refractivity contribution < 1.29 is 19.1 Å². The number of nitrogens with zero attached hydrogens (tertiary/aromatic N) is 1. The van der Waals surface area contributed by atoms with Crippen molar-refractivity contribution in [1.29, 1.82) is 0 Å². The van der Waals surface area contributed by atoms with E-state index in [-0.39, 0.29) is 23.6 Å². The first kappa shape index (κ1) is 18.9. The highest BCUT2D eigenvalue weighted by Gasteiger charge is 2.51. The van der Waals surface area contributed by atoms with Gasteiger partial charge in [0.1, 0.15) is 5.78 Å². The molecule has 3 atom stereocenters. The fourth-order valence-corrected chi connectivity index (χ4v) is 4.11. The van der Waals surface area contributed by atoms with Gasteiger partial charge in [-0.3, -0.25) is 0 Å². The van der Waals surface area contributed by atoms with Crippen LogP contribution in [0.25, 0.3) is 0 Å². The van der Waals surface area contributed by atoms with Crippen LogP contribution in [0.2, 0.25) is 0 Å². The molecule has 5 nitrogen and oxygen atoms in total. The van der Waals surface area contributed by atoms with Crippen LogP contribution in [-0.2, 0) is 19.1 Å². The van der Waals surface area contributed by atoms with Crippen LogP contribution in [-0.4, -0.2) is 36.4 Å². The third kappa shape index (κ3) is 3.81. The van der Waals surface area contributed by atoms with E-state index in [4.69, 9.17) is 14.5 Å². The predicted molar refractivity (Wildman–Crippen MR) is 92.9 cm³/mol. The molecule has 1 saturated carbocycles. The van der Waals surface area contributed by atoms with Gasteiger partial charge in [-0.1, -0.05) is 46.0 Å². The molecule has 5 heteroatoms. The quantitative estimate of drug-likeness (QED) is 0.720. The van der Waals surface area contributed by atoms with Crippen molar-refractivity contribution in [1.82, 2.24) is 0 Å². The van der Waals surface area contributed by atoms with Gasteiger partial charge in [0.25, 0.3) is 0 Å². The second-order valence-electron chi connectivity index (χ2n) is 7.78. The molecule has 0 radical (unpaired) electrons. The lowest BCUT2D eigenvalue weighted by Gasteiger charge is -2.42. The standard InChI is InChI=1S/C19H31NO4/c1-12(2)16-17(23-5)20-19(4,18(22)24-16)15(11-13(3)21)14-9-7-6-8-10-14/h12,14-16H,6-11H2,1-5H3/t15-,16+,19-/m1/s1. The highest BCUT2D eigenvalue weighted by atomic mass is 16.6. The van der Waals surface area contributed by atoms with Crippen LogP contribution in [0.5, 0.6) is 0 Å². The molecule has 2 rings (SSSR count). The van der Waals surface area contributed by atoms with Crippen LogP contribution < -0.4 is 0 Å². The summed E-state index contributed by atoms with van der Waals surface area (Å²) >= 11 is 0. The largest absolute Gasteiger partial charge is 0.482 e. The SMILES string of the molecule is COC1=N[C@](C)([C@H](CC(C)=O)C2CCCCC2)C(=O)O[C@H]1C(C)C. The van der Waals surface area contributed by atoms with E-state index in [9.17, 15) is 9.59 Å². The van der Waals surface area contributed by atoms with Crippen LogP contribution in [0.1, 0.15) is 66.2 Å². The number of methoxy groups -OCH3 is 1. The van der Waals surface area contributed by atoms with E-state index in [1.807, 2.05) is 20.8 Å². The van der Waals surface area contributed by atoms with Crippen molar-refractivity contribution >= 4 is 17.7 Å². The van der Waals surface area contributed by atoms with E-state index in [2.05, 4.69) is 0 Å². The Labute approximate surface area is 145 Å². The Morgan fingerprint density at radius 2 is 1.96 bits per heavy atom. The maximum absolute atomic E-state index is 12.9. The zero-order valence-electron chi connectivity index (χ0n) is 15.6. The number of carbonyl (C=O) groups excluding carboxylic acids is 2. The van der Waals surface area contributed by atoms with Crippen molar-refractivity contribution in [3.05, 3.63) is 0 Å². The molecule has 24 heavy (non-hydrogen) atoms. The minimum absolute atomic E-state index is 0.0955. The van der Waals surface area contributed by atoms with Crippen LogP contribution in [0.15, 0.2) is 4.99 Å². The molecular formula is C19H31NO4. The predicted octanol–water partition coefficient (Wildman–Crippen LogP) is 3.55. The van der Waals surface area contributed by atoms with Crippen molar-refractivity contribution in [2.24, 2.45) is 22.7 Å². The van der Waals surface area contributed by atoms with Crippen molar-refractivity contribution in [2.45, 2.75) is 77.9 Å². The van der Waals surface area contributed by atoms with Gasteiger partial charge in [0.15, 0.2) is 11.6 Å². The van der Waals surface area contributed by atoms with E-state index < -0.39 is 11.6 Å². The molecule has 0 unspecified atom stereocenters. The lowest BCUT2D eigenvalue weighted by Crippen LogP contribution is -2.54. The second-order valence-corrected chi connectivity index (χ2v) is 7.78. The molecule has 1 fully saturated rings. The summed E-state index contributed by atoms with van der Waals surface area (Å²) in [5.41, 5.74) is -1.04. The zero-order valence-corrected chi connectivity index (χ0v) is 15.6. The number of rotatable bonds is 5. The fraction of sp³-hybridized carbons (Fsp3) is 0.842. The third-order valence-electron chi connectivity index (χ3n) is 5.50. The molecule has 1 aliphatic carbocycles. The molecular weight excluding hydrogens is 306 g/mol. The third-order valence-corrected chi connectivity index (χ3v) is 5.50. The topological polar surface area (TPSA) is 65.0 Å². The second kappa shape index (κ2) is 7.66. The molecule has 1 aliphatic heterocycles. The Hall–Kier alpha value is -1.39. The van der Waals surface area contributed by atoms with Gasteiger partial charge in [0.2, 0.25) is 5.90 Å². The van der Waals surface area contributed by atoms with Gasteiger partial charge in [-0.2, -0.15) is 0 Å². The summed E-state index contributed by atoms with van der Waals surface area (Å²) in [4.78, 5) is 29.5. The minimum atomic E-state index is -1.04. The fourth-order valence-electron chi connectivity index (χ4n) is 4.11. The molecule has 0 amide bonds. The Morgan fingerprint density at radius 3 is 2.46 bits per heavy atom. The highest BCUT2D eigenvalue weighted by Crippen LogP contribution is 2.42. The van der Waals surface area contributed by atoms with Gasteiger partial charge in [-0.15, -0.1) is 0 Å². The molecule has 2 aliphatic rings. The Kier molecular flexibility index (Phi) is 6.05. The molecule has 0 aromatic rings. The summed E-state index contributed by atoms with van der Waals surface area (Å²) in [6.45, 7) is 7.35. The lowest BCUT2D eigenvalue weighted by atomic mass is 9.68. The van der Waals surface area contributed by atoms with Crippen molar-refractivity contribution in [2.75, 3.05) is 7.11 Å². The summed E-state index contributed by atoms with van der Waals surface area (Å²) in [7, 11) is 1.56. The molecule has 0 bridgehead atoms. The normalized spacial score (nSPS) is 29.8. The maximum atomic E-state index is 12.9. The van der Waals surface area contributed by atoms with Crippen LogP contribution in [0.3, 0.4) is 0 Å². The summed E-state index contributed by atoms with van der Waals surface area (Å²) in [6.07, 6.45) is 5.55. The first-order valence-electron chi connectivity index (χ1n) is 9.13. The molecule has 0 N–H and O–H groups in total. The number of hydrogen-bond donors (Lipinski definition) is 0. The molecule has 1 heterocycles. The van der Waals surface area contributed by atoms with Gasteiger partial charge in [-0.05, 0) is 25.7 Å². The Balaban J connectivity index is 2.39. The number of carbonyl (C=O) groups is 2. The van der Waals surface area contributed by atoms with E-state index in [1.165, 1.54) is 6.42 Å². The summed E-state index contributed by atoms with van der Waals surface area (Å²) in [5, 5.41) is 0. The van der Waals surface area contributed by atoms with Gasteiger partial charge in [-0.25, -0.2) is 9.79 Å². The summed E-state index contributed by atoms with van der Waals surface area (Å²) in [6, 6.07) is 0. The Morgan fingerprint density at radius 1 is 1.33 bits per heavy atom. The monoisotopic (exact) mass is 337 g/mol. The zero-order chi connectivity index (χ0) is 17.9. The summed E-state index contributed by atoms with van der Waals surface area (Å²) < 4.78 is 11.2. The molecule has 0 aromatic carbocycles. The average Bonchev–Trinajstić information content (AvgIpc) is 2.55. The first-order chi connectivity index (χ1) is 11.3. The number of ketones is 1. The average molecular weight is 337 g/mol. The number of Topliss-reactive ketones (excluding diaryl/α,β-unsaturated/α-hetero) is 1. The molecule has 0 saturated heterocycles. The lowest BCUT2D eigenvalue weighted by molar-refractivity contribution is -0.160. The van der Waals surface area contributed by atoms with Crippen LogP contribution in [0, 0.1) is 17.8 Å². The van der Waals surface area contributed by atoms with Gasteiger partial charge >= 0.3 is 5.97 Å². The molecule has 0 spiro atoms. The summed E-state index contributed by atoms with van der Waals surface area (Å²) in [5.74, 6) is 0.548. The van der Waals surface area contributed by atoms with Gasteiger partial charge < -0.3 is 14.3 Å². The minimum Gasteiger partial charge on any atom is -0.482 e. The van der Waals surface area contributed by atoms with Crippen LogP contribution in [0.4, 0.5) is 0 Å². The van der Waals surface area contributed by atoms with E-state index in [0.717, 1.165) is 25.7 Å². The van der Waals surface area contributed by atoms with Gasteiger partial charge in [0.05, 0.1) is 7.11 Å². The smallest absolute Gasteiger partial charge is 0.334 e. The number of cyclic esters (lactones) is 1. The molecule has 136 valence electrons. The van der Waals surface area contributed by atoms with Crippen molar-refractivity contribution in [3.63, 3.8) is 0 Å². The van der Waals surface area contributed by atoms with Crippen molar-refractivity contribution in [3.8, 4) is 0 Å². The first-order valence-corrected chi connectivity index (χ1v) is 9.13. The van der Waals surface area contributed by atoms with E-state index >= 15 is 0 Å². The van der Waals surface area contributed by atoms with Gasteiger partial charge in [0, 0.05) is 12.3 Å². The van der Waals surface area contributed by atoms with Crippen LogP contribution >= 0.6 is 0 Å². The number of esters is 1. The number of ether oxygens (including phenoxy) is 2.